The van der Waals surface area contributed by atoms with Gasteiger partial charge in [-0.05, 0) is 43.2 Å². The number of hydrogen-bond acceptors (Lipinski definition) is 4. The lowest BCUT2D eigenvalue weighted by Crippen LogP contribution is -2.14. The smallest absolute Gasteiger partial charge is 0.255 e. The van der Waals surface area contributed by atoms with Crippen LogP contribution in [-0.2, 0) is 0 Å². The molecule has 128 valence electrons. The first-order chi connectivity index (χ1) is 12.2. The third-order valence-corrected chi connectivity index (χ3v) is 4.59. The Morgan fingerprint density at radius 1 is 1.32 bits per heavy atom. The van der Waals surface area contributed by atoms with Gasteiger partial charge in [0.1, 0.15) is 5.82 Å². The Kier molecular flexibility index (Phi) is 3.83. The minimum absolute atomic E-state index is 0.0984. The fraction of sp³-hybridized carbons (Fsp3) is 0.278. The number of methoxy groups -OCH3 is 1. The molecule has 2 aromatic heterocycles. The number of carbonyl (C=O) groups excluding carboxylic acids is 1. The van der Waals surface area contributed by atoms with E-state index in [2.05, 4.69) is 15.5 Å². The van der Waals surface area contributed by atoms with E-state index in [-0.39, 0.29) is 11.3 Å². The molecular formula is C18H17FN4O2. The molecule has 1 saturated carbocycles. The third kappa shape index (κ3) is 2.71. The topological polar surface area (TPSA) is 68.5 Å². The van der Waals surface area contributed by atoms with Crippen LogP contribution in [-0.4, -0.2) is 27.6 Å². The van der Waals surface area contributed by atoms with E-state index in [0.29, 0.717) is 17.3 Å². The van der Waals surface area contributed by atoms with Crippen LogP contribution in [0.3, 0.4) is 0 Å². The highest BCUT2D eigenvalue weighted by atomic mass is 19.1. The summed E-state index contributed by atoms with van der Waals surface area (Å²) in [6.07, 6.45) is 5.33. The Hall–Kier alpha value is -2.96. The molecule has 1 aliphatic carbocycles. The van der Waals surface area contributed by atoms with Crippen molar-refractivity contribution in [3.05, 3.63) is 53.7 Å². The van der Waals surface area contributed by atoms with Gasteiger partial charge in [0.05, 0.1) is 12.8 Å². The molecule has 1 amide bonds. The molecule has 0 aliphatic heterocycles. The van der Waals surface area contributed by atoms with E-state index in [1.54, 1.807) is 6.07 Å². The zero-order chi connectivity index (χ0) is 17.4. The highest BCUT2D eigenvalue weighted by molar-refractivity contribution is 6.06. The molecule has 1 N–H and O–H groups in total. The molecule has 1 aliphatic rings. The van der Waals surface area contributed by atoms with Gasteiger partial charge in [0.15, 0.2) is 17.2 Å². The summed E-state index contributed by atoms with van der Waals surface area (Å²) in [4.78, 5) is 12.4. The summed E-state index contributed by atoms with van der Waals surface area (Å²) in [6, 6.07) is 7.69. The van der Waals surface area contributed by atoms with Crippen LogP contribution in [0, 0.1) is 5.82 Å². The van der Waals surface area contributed by atoms with E-state index >= 15 is 0 Å². The first kappa shape index (κ1) is 15.6. The van der Waals surface area contributed by atoms with Crippen molar-refractivity contribution >= 4 is 17.2 Å². The highest BCUT2D eigenvalue weighted by Gasteiger charge is 2.25. The molecule has 0 bridgehead atoms. The van der Waals surface area contributed by atoms with Gasteiger partial charge < -0.3 is 10.1 Å². The zero-order valence-electron chi connectivity index (χ0n) is 13.7. The quantitative estimate of drug-likeness (QED) is 0.790. The van der Waals surface area contributed by atoms with Crippen molar-refractivity contribution in [2.24, 2.45) is 0 Å². The molecule has 0 atom stereocenters. The normalized spacial score (nSPS) is 14.3. The second-order valence-corrected chi connectivity index (χ2v) is 6.10. The number of anilines is 1. The van der Waals surface area contributed by atoms with Gasteiger partial charge in [0.25, 0.3) is 5.91 Å². The molecule has 7 heteroatoms. The van der Waals surface area contributed by atoms with E-state index in [4.69, 9.17) is 4.74 Å². The summed E-state index contributed by atoms with van der Waals surface area (Å²) < 4.78 is 20.6. The summed E-state index contributed by atoms with van der Waals surface area (Å²) in [5.41, 5.74) is 1.34. The first-order valence-corrected chi connectivity index (χ1v) is 8.16. The summed E-state index contributed by atoms with van der Waals surface area (Å²) >= 11 is 0. The van der Waals surface area contributed by atoms with Gasteiger partial charge in [-0.25, -0.2) is 4.39 Å². The predicted molar refractivity (Wildman–Crippen MR) is 90.5 cm³/mol. The van der Waals surface area contributed by atoms with Crippen molar-refractivity contribution in [2.75, 3.05) is 12.4 Å². The molecule has 0 unspecified atom stereocenters. The van der Waals surface area contributed by atoms with Crippen LogP contribution in [0.25, 0.3) is 5.65 Å². The molecule has 6 nitrogen and oxygen atoms in total. The Bertz CT molecular complexity index is 949. The molecule has 1 fully saturated rings. The molecule has 0 saturated heterocycles. The SMILES string of the molecule is COc1ccc(C(=O)Nc2cccn3c(C4CCC4)nnc23)cc1F. The van der Waals surface area contributed by atoms with E-state index < -0.39 is 11.7 Å². The number of hydrogen-bond donors (Lipinski definition) is 1. The number of pyridine rings is 1. The Labute approximate surface area is 143 Å². The fourth-order valence-electron chi connectivity index (χ4n) is 2.98. The van der Waals surface area contributed by atoms with E-state index in [1.165, 1.54) is 25.7 Å². The van der Waals surface area contributed by atoms with E-state index in [1.807, 2.05) is 16.7 Å². The van der Waals surface area contributed by atoms with Gasteiger partial charge in [-0.3, -0.25) is 9.20 Å². The molecule has 0 spiro atoms. The second kappa shape index (κ2) is 6.16. The molecule has 25 heavy (non-hydrogen) atoms. The standard InChI is InChI=1S/C18H17FN4O2/c1-25-15-8-7-12(10-13(15)19)18(24)20-14-6-3-9-23-16(11-4-2-5-11)21-22-17(14)23/h3,6-11H,2,4-5H2,1H3,(H,20,24). The van der Waals surface area contributed by atoms with Crippen molar-refractivity contribution in [1.29, 1.82) is 0 Å². The first-order valence-electron chi connectivity index (χ1n) is 8.16. The van der Waals surface area contributed by atoms with Gasteiger partial charge in [0.2, 0.25) is 0 Å². The van der Waals surface area contributed by atoms with Crippen LogP contribution in [0.2, 0.25) is 0 Å². The molecule has 1 aromatic carbocycles. The Morgan fingerprint density at radius 3 is 2.84 bits per heavy atom. The third-order valence-electron chi connectivity index (χ3n) is 4.59. The summed E-state index contributed by atoms with van der Waals surface area (Å²) in [5, 5.41) is 11.3. The predicted octanol–water partition coefficient (Wildman–Crippen LogP) is 3.40. The summed E-state index contributed by atoms with van der Waals surface area (Å²) in [7, 11) is 1.38. The van der Waals surface area contributed by atoms with Crippen molar-refractivity contribution in [3.63, 3.8) is 0 Å². The number of fused-ring (bicyclic) bond motifs is 1. The van der Waals surface area contributed by atoms with Gasteiger partial charge in [-0.1, -0.05) is 6.42 Å². The van der Waals surface area contributed by atoms with Gasteiger partial charge in [0, 0.05) is 17.7 Å². The van der Waals surface area contributed by atoms with E-state index in [0.717, 1.165) is 24.7 Å². The van der Waals surface area contributed by atoms with Crippen LogP contribution in [0.4, 0.5) is 10.1 Å². The number of amides is 1. The maximum absolute atomic E-state index is 13.8. The lowest BCUT2D eigenvalue weighted by Gasteiger charge is -2.23. The van der Waals surface area contributed by atoms with Crippen LogP contribution in [0.5, 0.6) is 5.75 Å². The number of ether oxygens (including phenoxy) is 1. The number of carbonyl (C=O) groups is 1. The zero-order valence-corrected chi connectivity index (χ0v) is 13.7. The molecular weight excluding hydrogens is 323 g/mol. The molecule has 2 heterocycles. The monoisotopic (exact) mass is 340 g/mol. The number of nitrogens with one attached hydrogen (secondary N) is 1. The maximum Gasteiger partial charge on any atom is 0.255 e. The van der Waals surface area contributed by atoms with Crippen LogP contribution in [0.1, 0.15) is 41.4 Å². The van der Waals surface area contributed by atoms with Gasteiger partial charge in [-0.2, -0.15) is 0 Å². The largest absolute Gasteiger partial charge is 0.494 e. The summed E-state index contributed by atoms with van der Waals surface area (Å²) in [5.74, 6) is 0.455. The van der Waals surface area contributed by atoms with Gasteiger partial charge >= 0.3 is 0 Å². The highest BCUT2D eigenvalue weighted by Crippen LogP contribution is 2.35. The van der Waals surface area contributed by atoms with Crippen molar-refractivity contribution < 1.29 is 13.9 Å². The number of halogens is 1. The second-order valence-electron chi connectivity index (χ2n) is 6.10. The fourth-order valence-corrected chi connectivity index (χ4v) is 2.98. The lowest BCUT2D eigenvalue weighted by atomic mass is 9.85. The van der Waals surface area contributed by atoms with Crippen LogP contribution < -0.4 is 10.1 Å². The van der Waals surface area contributed by atoms with Crippen molar-refractivity contribution in [2.45, 2.75) is 25.2 Å². The minimum atomic E-state index is -0.580. The molecule has 0 radical (unpaired) electrons. The van der Waals surface area contributed by atoms with Crippen LogP contribution in [0.15, 0.2) is 36.5 Å². The number of benzene rings is 1. The Balaban J connectivity index is 1.63. The Morgan fingerprint density at radius 2 is 2.16 bits per heavy atom. The van der Waals surface area contributed by atoms with Crippen LogP contribution >= 0.6 is 0 Å². The lowest BCUT2D eigenvalue weighted by molar-refractivity contribution is 0.102. The van der Waals surface area contributed by atoms with Gasteiger partial charge in [-0.15, -0.1) is 10.2 Å². The van der Waals surface area contributed by atoms with Crippen molar-refractivity contribution in [3.8, 4) is 5.75 Å². The van der Waals surface area contributed by atoms with Crippen molar-refractivity contribution in [1.82, 2.24) is 14.6 Å². The maximum atomic E-state index is 13.8. The number of nitrogens with zero attached hydrogens (tertiary/aromatic N) is 3. The average molecular weight is 340 g/mol. The van der Waals surface area contributed by atoms with E-state index in [9.17, 15) is 9.18 Å². The molecule has 4 rings (SSSR count). The number of rotatable bonds is 4. The summed E-state index contributed by atoms with van der Waals surface area (Å²) in [6.45, 7) is 0. The average Bonchev–Trinajstić information content (AvgIpc) is 2.98. The molecule has 3 aromatic rings. The minimum Gasteiger partial charge on any atom is -0.494 e. The number of aromatic nitrogens is 3.